The van der Waals surface area contributed by atoms with E-state index in [1.807, 2.05) is 24.3 Å². The van der Waals surface area contributed by atoms with E-state index in [1.54, 1.807) is 11.3 Å². The molecule has 0 N–H and O–H groups in total. The normalized spacial score (nSPS) is 14.4. The highest BCUT2D eigenvalue weighted by Crippen LogP contribution is 2.31. The van der Waals surface area contributed by atoms with Crippen molar-refractivity contribution in [1.82, 2.24) is 4.90 Å². The molecule has 1 aliphatic rings. The van der Waals surface area contributed by atoms with Crippen molar-refractivity contribution in [3.63, 3.8) is 0 Å². The molecule has 1 fully saturated rings. The van der Waals surface area contributed by atoms with Crippen LogP contribution in [-0.2, 0) is 17.8 Å². The monoisotopic (exact) mass is 301 g/mol. The second kappa shape index (κ2) is 6.41. The van der Waals surface area contributed by atoms with E-state index < -0.39 is 0 Å². The summed E-state index contributed by atoms with van der Waals surface area (Å²) in [6, 6.07) is 12.7. The van der Waals surface area contributed by atoms with Gasteiger partial charge in [-0.1, -0.05) is 24.3 Å². The number of thiophene rings is 1. The van der Waals surface area contributed by atoms with E-state index in [2.05, 4.69) is 22.4 Å². The highest BCUT2D eigenvalue weighted by atomic mass is 32.1. The third-order valence-electron chi connectivity index (χ3n) is 3.80. The molecule has 110 valence electrons. The number of rotatable bonds is 6. The van der Waals surface area contributed by atoms with Gasteiger partial charge in [-0.3, -0.25) is 4.90 Å². The molecule has 21 heavy (non-hydrogen) atoms. The molecular formula is C17H19NO2S. The number of carbonyl (C=O) groups excluding carboxylic acids is 1. The lowest BCUT2D eigenvalue weighted by molar-refractivity contribution is 0.0598. The summed E-state index contributed by atoms with van der Waals surface area (Å²) in [5.74, 6) is -0.252. The van der Waals surface area contributed by atoms with Crippen LogP contribution in [0.4, 0.5) is 0 Å². The SMILES string of the molecule is COC(=O)c1ccccc1CN(Cc1cccs1)C1CC1. The van der Waals surface area contributed by atoms with Gasteiger partial charge in [0.25, 0.3) is 0 Å². The van der Waals surface area contributed by atoms with E-state index in [0.29, 0.717) is 11.6 Å². The van der Waals surface area contributed by atoms with Crippen LogP contribution in [0.25, 0.3) is 0 Å². The maximum absolute atomic E-state index is 11.9. The molecule has 0 radical (unpaired) electrons. The fraction of sp³-hybridized carbons (Fsp3) is 0.353. The van der Waals surface area contributed by atoms with Crippen molar-refractivity contribution < 1.29 is 9.53 Å². The summed E-state index contributed by atoms with van der Waals surface area (Å²) in [5, 5.41) is 2.11. The van der Waals surface area contributed by atoms with Crippen molar-refractivity contribution in [2.45, 2.75) is 32.0 Å². The molecule has 1 aromatic carbocycles. The molecule has 1 heterocycles. The quantitative estimate of drug-likeness (QED) is 0.762. The Kier molecular flexibility index (Phi) is 4.36. The van der Waals surface area contributed by atoms with Gasteiger partial charge in [0.1, 0.15) is 0 Å². The van der Waals surface area contributed by atoms with E-state index >= 15 is 0 Å². The summed E-state index contributed by atoms with van der Waals surface area (Å²) < 4.78 is 4.89. The first-order chi connectivity index (χ1) is 10.3. The molecule has 0 atom stereocenters. The summed E-state index contributed by atoms with van der Waals surface area (Å²) in [7, 11) is 1.43. The lowest BCUT2D eigenvalue weighted by atomic mass is 10.1. The highest BCUT2D eigenvalue weighted by Gasteiger charge is 2.30. The second-order valence-corrected chi connectivity index (χ2v) is 6.40. The summed E-state index contributed by atoms with van der Waals surface area (Å²) in [6.45, 7) is 1.76. The zero-order chi connectivity index (χ0) is 14.7. The highest BCUT2D eigenvalue weighted by molar-refractivity contribution is 7.09. The Hall–Kier alpha value is -1.65. The van der Waals surface area contributed by atoms with Gasteiger partial charge in [0.15, 0.2) is 0 Å². The zero-order valence-electron chi connectivity index (χ0n) is 12.1. The van der Waals surface area contributed by atoms with Crippen LogP contribution < -0.4 is 0 Å². The summed E-state index contributed by atoms with van der Waals surface area (Å²) in [5.41, 5.74) is 1.73. The van der Waals surface area contributed by atoms with E-state index in [-0.39, 0.29) is 5.97 Å². The first kappa shape index (κ1) is 14.3. The van der Waals surface area contributed by atoms with E-state index in [0.717, 1.165) is 18.7 Å². The molecule has 0 saturated heterocycles. The van der Waals surface area contributed by atoms with Gasteiger partial charge in [-0.25, -0.2) is 4.79 Å². The molecule has 0 aliphatic heterocycles. The Morgan fingerprint density at radius 3 is 2.71 bits per heavy atom. The molecule has 1 aliphatic carbocycles. The summed E-state index contributed by atoms with van der Waals surface area (Å²) in [6.07, 6.45) is 2.51. The maximum Gasteiger partial charge on any atom is 0.338 e. The lowest BCUT2D eigenvalue weighted by Crippen LogP contribution is -2.25. The lowest BCUT2D eigenvalue weighted by Gasteiger charge is -2.22. The van der Waals surface area contributed by atoms with Crippen LogP contribution in [-0.4, -0.2) is 24.0 Å². The predicted octanol–water partition coefficient (Wildman–Crippen LogP) is 3.70. The number of nitrogens with zero attached hydrogens (tertiary/aromatic N) is 1. The van der Waals surface area contributed by atoms with Crippen molar-refractivity contribution in [3.8, 4) is 0 Å². The van der Waals surface area contributed by atoms with Crippen molar-refractivity contribution in [1.29, 1.82) is 0 Å². The minimum Gasteiger partial charge on any atom is -0.465 e. The van der Waals surface area contributed by atoms with Crippen molar-refractivity contribution in [2.75, 3.05) is 7.11 Å². The number of ether oxygens (including phenoxy) is 1. The summed E-state index contributed by atoms with van der Waals surface area (Å²) >= 11 is 1.79. The van der Waals surface area contributed by atoms with Crippen LogP contribution in [0.1, 0.15) is 33.6 Å². The van der Waals surface area contributed by atoms with Crippen LogP contribution in [0.15, 0.2) is 41.8 Å². The molecule has 1 saturated carbocycles. The van der Waals surface area contributed by atoms with Crippen LogP contribution in [0, 0.1) is 0 Å². The molecule has 0 bridgehead atoms. The van der Waals surface area contributed by atoms with Gasteiger partial charge in [-0.15, -0.1) is 11.3 Å². The smallest absolute Gasteiger partial charge is 0.338 e. The van der Waals surface area contributed by atoms with Gasteiger partial charge in [-0.2, -0.15) is 0 Å². The van der Waals surface area contributed by atoms with E-state index in [1.165, 1.54) is 24.8 Å². The Morgan fingerprint density at radius 2 is 2.05 bits per heavy atom. The van der Waals surface area contributed by atoms with Gasteiger partial charge in [0, 0.05) is 24.0 Å². The second-order valence-electron chi connectivity index (χ2n) is 5.36. The number of hydrogen-bond acceptors (Lipinski definition) is 4. The molecule has 0 amide bonds. The standard InChI is InChI=1S/C17H19NO2S/c1-20-17(19)16-7-3-2-5-13(16)11-18(14-8-9-14)12-15-6-4-10-21-15/h2-7,10,14H,8-9,11-12H2,1H3. The Labute approximate surface area is 129 Å². The third-order valence-corrected chi connectivity index (χ3v) is 4.66. The molecule has 3 nitrogen and oxygen atoms in total. The Bertz CT molecular complexity index is 605. The first-order valence-corrected chi connectivity index (χ1v) is 8.08. The van der Waals surface area contributed by atoms with Crippen molar-refractivity contribution in [2.24, 2.45) is 0 Å². The molecule has 2 aromatic rings. The fourth-order valence-electron chi connectivity index (χ4n) is 2.54. The van der Waals surface area contributed by atoms with Crippen LogP contribution in [0.5, 0.6) is 0 Å². The molecule has 3 rings (SSSR count). The number of hydrogen-bond donors (Lipinski definition) is 0. The minimum atomic E-state index is -0.252. The molecule has 4 heteroatoms. The average Bonchev–Trinajstić information content (AvgIpc) is 3.24. The minimum absolute atomic E-state index is 0.252. The van der Waals surface area contributed by atoms with Gasteiger partial charge in [0.05, 0.1) is 12.7 Å². The maximum atomic E-state index is 11.9. The van der Waals surface area contributed by atoms with Gasteiger partial charge in [-0.05, 0) is 35.9 Å². The topological polar surface area (TPSA) is 29.5 Å². The number of benzene rings is 1. The third kappa shape index (κ3) is 3.52. The molecular weight excluding hydrogens is 282 g/mol. The van der Waals surface area contributed by atoms with Crippen LogP contribution in [0.2, 0.25) is 0 Å². The van der Waals surface area contributed by atoms with Crippen molar-refractivity contribution >= 4 is 17.3 Å². The van der Waals surface area contributed by atoms with E-state index in [9.17, 15) is 4.79 Å². The van der Waals surface area contributed by atoms with Gasteiger partial charge < -0.3 is 4.74 Å². The fourth-order valence-corrected chi connectivity index (χ4v) is 3.27. The number of esters is 1. The molecule has 0 spiro atoms. The average molecular weight is 301 g/mol. The molecule has 1 aromatic heterocycles. The predicted molar refractivity (Wildman–Crippen MR) is 84.4 cm³/mol. The number of methoxy groups -OCH3 is 1. The number of carbonyl (C=O) groups is 1. The van der Waals surface area contributed by atoms with E-state index in [4.69, 9.17) is 4.74 Å². The van der Waals surface area contributed by atoms with Crippen LogP contribution >= 0.6 is 11.3 Å². The van der Waals surface area contributed by atoms with Gasteiger partial charge in [0.2, 0.25) is 0 Å². The van der Waals surface area contributed by atoms with Gasteiger partial charge >= 0.3 is 5.97 Å². The Morgan fingerprint density at radius 1 is 1.24 bits per heavy atom. The first-order valence-electron chi connectivity index (χ1n) is 7.20. The zero-order valence-corrected chi connectivity index (χ0v) is 12.9. The largest absolute Gasteiger partial charge is 0.465 e. The molecule has 0 unspecified atom stereocenters. The van der Waals surface area contributed by atoms with Crippen LogP contribution in [0.3, 0.4) is 0 Å². The summed E-state index contributed by atoms with van der Waals surface area (Å²) in [4.78, 5) is 15.7. The Balaban J connectivity index is 1.78. The van der Waals surface area contributed by atoms with Crippen molar-refractivity contribution in [3.05, 3.63) is 57.8 Å².